The molecule has 2 aromatic carbocycles. The summed E-state index contributed by atoms with van der Waals surface area (Å²) in [5, 5.41) is 5.56. The molecule has 0 radical (unpaired) electrons. The van der Waals surface area contributed by atoms with Crippen LogP contribution in [0.15, 0.2) is 42.5 Å². The Kier molecular flexibility index (Phi) is 6.43. The molecule has 0 spiro atoms. The monoisotopic (exact) mass is 358 g/mol. The number of nitrogens with one attached hydrogen (secondary N) is 2. The molecule has 0 aliphatic heterocycles. The summed E-state index contributed by atoms with van der Waals surface area (Å²) < 4.78 is 15.2. The van der Waals surface area contributed by atoms with Crippen LogP contribution >= 0.6 is 0 Å². The molecular weight excluding hydrogens is 336 g/mol. The van der Waals surface area contributed by atoms with E-state index in [4.69, 9.17) is 9.47 Å². The molecule has 7 heteroatoms. The van der Waals surface area contributed by atoms with Crippen LogP contribution in [0.3, 0.4) is 0 Å². The van der Waals surface area contributed by atoms with Crippen molar-refractivity contribution >= 4 is 17.7 Å². The number of urea groups is 1. The molecule has 0 unspecified atom stereocenters. The maximum atomic E-state index is 12.2. The minimum absolute atomic E-state index is 0.311. The van der Waals surface area contributed by atoms with Crippen LogP contribution in [0, 0.1) is 0 Å². The van der Waals surface area contributed by atoms with Gasteiger partial charge in [-0.3, -0.25) is 0 Å². The van der Waals surface area contributed by atoms with Gasteiger partial charge in [0.05, 0.1) is 32.9 Å². The highest BCUT2D eigenvalue weighted by molar-refractivity contribution is 5.92. The lowest BCUT2D eigenvalue weighted by Gasteiger charge is -2.18. The van der Waals surface area contributed by atoms with E-state index in [1.807, 2.05) is 13.0 Å². The Morgan fingerprint density at radius 3 is 2.23 bits per heavy atom. The summed E-state index contributed by atoms with van der Waals surface area (Å²) >= 11 is 0. The van der Waals surface area contributed by atoms with Crippen LogP contribution in [-0.2, 0) is 4.74 Å². The molecule has 2 aromatic rings. The summed E-state index contributed by atoms with van der Waals surface area (Å²) in [5.74, 6) is 0.897. The van der Waals surface area contributed by atoms with Crippen molar-refractivity contribution in [2.75, 3.05) is 26.6 Å². The topological polar surface area (TPSA) is 85.9 Å². The van der Waals surface area contributed by atoms with Crippen molar-refractivity contribution < 1.29 is 23.8 Å². The number of methoxy groups -OCH3 is 3. The molecular formula is C19H22N2O5. The van der Waals surface area contributed by atoms with Gasteiger partial charge in [0, 0.05) is 11.3 Å². The van der Waals surface area contributed by atoms with Gasteiger partial charge in [-0.25, -0.2) is 9.59 Å². The van der Waals surface area contributed by atoms with Crippen molar-refractivity contribution in [3.8, 4) is 11.5 Å². The predicted molar refractivity (Wildman–Crippen MR) is 97.9 cm³/mol. The number of carbonyl (C=O) groups is 2. The Bertz CT molecular complexity index is 774. The summed E-state index contributed by atoms with van der Waals surface area (Å²) in [6.07, 6.45) is 0. The van der Waals surface area contributed by atoms with Gasteiger partial charge in [-0.15, -0.1) is 0 Å². The summed E-state index contributed by atoms with van der Waals surface area (Å²) in [7, 11) is 4.46. The Hall–Kier alpha value is -3.22. The van der Waals surface area contributed by atoms with E-state index in [0.29, 0.717) is 22.7 Å². The fourth-order valence-corrected chi connectivity index (χ4v) is 2.43. The fraction of sp³-hybridized carbons (Fsp3) is 0.263. The largest absolute Gasteiger partial charge is 0.497 e. The molecule has 0 aliphatic rings. The highest BCUT2D eigenvalue weighted by Crippen LogP contribution is 2.29. The predicted octanol–water partition coefficient (Wildman–Crippen LogP) is 3.37. The Balaban J connectivity index is 2.04. The average molecular weight is 358 g/mol. The summed E-state index contributed by atoms with van der Waals surface area (Å²) in [6.45, 7) is 1.84. The van der Waals surface area contributed by atoms with E-state index < -0.39 is 5.97 Å². The molecule has 0 aliphatic carbocycles. The third-order valence-electron chi connectivity index (χ3n) is 3.81. The van der Waals surface area contributed by atoms with E-state index in [9.17, 15) is 9.59 Å². The second-order valence-corrected chi connectivity index (χ2v) is 5.50. The number of benzene rings is 2. The van der Waals surface area contributed by atoms with Gasteiger partial charge in [-0.2, -0.15) is 0 Å². The van der Waals surface area contributed by atoms with E-state index in [1.165, 1.54) is 7.11 Å². The molecule has 2 N–H and O–H groups in total. The lowest BCUT2D eigenvalue weighted by molar-refractivity contribution is 0.0600. The number of rotatable bonds is 6. The van der Waals surface area contributed by atoms with Gasteiger partial charge in [-0.05, 0) is 49.4 Å². The van der Waals surface area contributed by atoms with E-state index in [0.717, 1.165) is 5.56 Å². The number of amides is 2. The number of hydrogen-bond donors (Lipinski definition) is 2. The Morgan fingerprint density at radius 1 is 0.962 bits per heavy atom. The molecule has 0 saturated carbocycles. The van der Waals surface area contributed by atoms with E-state index in [1.54, 1.807) is 50.6 Å². The molecule has 7 nitrogen and oxygen atoms in total. The molecule has 1 atom stereocenters. The third kappa shape index (κ3) is 4.66. The van der Waals surface area contributed by atoms with Crippen molar-refractivity contribution in [3.63, 3.8) is 0 Å². The first-order valence-corrected chi connectivity index (χ1v) is 7.96. The first-order valence-electron chi connectivity index (χ1n) is 7.96. The normalized spacial score (nSPS) is 11.2. The zero-order valence-corrected chi connectivity index (χ0v) is 15.2. The first kappa shape index (κ1) is 19.1. The van der Waals surface area contributed by atoms with Crippen LogP contribution in [0.1, 0.15) is 28.9 Å². The molecule has 0 aromatic heterocycles. The average Bonchev–Trinajstić information content (AvgIpc) is 2.67. The number of carbonyl (C=O) groups excluding carboxylic acids is 2. The maximum absolute atomic E-state index is 12.2. The van der Waals surface area contributed by atoms with Crippen molar-refractivity contribution in [1.29, 1.82) is 0 Å². The van der Waals surface area contributed by atoms with Gasteiger partial charge in [0.25, 0.3) is 0 Å². The van der Waals surface area contributed by atoms with Gasteiger partial charge < -0.3 is 24.8 Å². The minimum atomic E-state index is -0.431. The van der Waals surface area contributed by atoms with E-state index in [2.05, 4.69) is 15.4 Å². The number of esters is 1. The number of hydrogen-bond acceptors (Lipinski definition) is 5. The van der Waals surface area contributed by atoms with Gasteiger partial charge >= 0.3 is 12.0 Å². The van der Waals surface area contributed by atoms with Crippen molar-refractivity contribution in [1.82, 2.24) is 5.32 Å². The molecule has 0 fully saturated rings. The number of ether oxygens (including phenoxy) is 3. The smallest absolute Gasteiger partial charge is 0.337 e. The highest BCUT2D eigenvalue weighted by Gasteiger charge is 2.15. The van der Waals surface area contributed by atoms with Crippen LogP contribution < -0.4 is 20.1 Å². The summed E-state index contributed by atoms with van der Waals surface area (Å²) in [4.78, 5) is 23.7. The van der Waals surface area contributed by atoms with Gasteiger partial charge in [0.1, 0.15) is 11.5 Å². The van der Waals surface area contributed by atoms with Crippen molar-refractivity contribution in [3.05, 3.63) is 53.6 Å². The zero-order valence-electron chi connectivity index (χ0n) is 15.2. The summed E-state index contributed by atoms with van der Waals surface area (Å²) in [5.41, 5.74) is 1.76. The first-order chi connectivity index (χ1) is 12.5. The standard InChI is InChI=1S/C19H22N2O5/c1-12(16-11-15(24-2)9-10-17(16)25-3)20-19(23)21-14-7-5-13(6-8-14)18(22)26-4/h5-12H,1-4H3,(H2,20,21,23)/t12-/m0/s1. The maximum Gasteiger partial charge on any atom is 0.337 e. The Morgan fingerprint density at radius 2 is 1.65 bits per heavy atom. The second kappa shape index (κ2) is 8.75. The van der Waals surface area contributed by atoms with Gasteiger partial charge in [0.15, 0.2) is 0 Å². The van der Waals surface area contributed by atoms with Crippen LogP contribution in [0.5, 0.6) is 11.5 Å². The fourth-order valence-electron chi connectivity index (χ4n) is 2.43. The molecule has 2 amide bonds. The van der Waals surface area contributed by atoms with Crippen molar-refractivity contribution in [2.24, 2.45) is 0 Å². The number of anilines is 1. The van der Waals surface area contributed by atoms with E-state index >= 15 is 0 Å². The second-order valence-electron chi connectivity index (χ2n) is 5.50. The quantitative estimate of drug-likeness (QED) is 0.773. The van der Waals surface area contributed by atoms with Crippen molar-refractivity contribution in [2.45, 2.75) is 13.0 Å². The molecule has 0 bridgehead atoms. The highest BCUT2D eigenvalue weighted by atomic mass is 16.5. The molecule has 26 heavy (non-hydrogen) atoms. The summed E-state index contributed by atoms with van der Waals surface area (Å²) in [6, 6.07) is 11.1. The van der Waals surface area contributed by atoms with Crippen LogP contribution in [0.4, 0.5) is 10.5 Å². The van der Waals surface area contributed by atoms with Crippen LogP contribution in [0.2, 0.25) is 0 Å². The minimum Gasteiger partial charge on any atom is -0.497 e. The molecule has 0 heterocycles. The van der Waals surface area contributed by atoms with E-state index in [-0.39, 0.29) is 12.1 Å². The van der Waals surface area contributed by atoms with Crippen LogP contribution in [0.25, 0.3) is 0 Å². The molecule has 138 valence electrons. The van der Waals surface area contributed by atoms with Gasteiger partial charge in [-0.1, -0.05) is 0 Å². The lowest BCUT2D eigenvalue weighted by Crippen LogP contribution is -2.31. The third-order valence-corrected chi connectivity index (χ3v) is 3.81. The molecule has 0 saturated heterocycles. The Labute approximate surface area is 152 Å². The SMILES string of the molecule is COC(=O)c1ccc(NC(=O)N[C@@H](C)c2cc(OC)ccc2OC)cc1. The zero-order chi connectivity index (χ0) is 19.1. The molecule has 2 rings (SSSR count). The lowest BCUT2D eigenvalue weighted by atomic mass is 10.1. The van der Waals surface area contributed by atoms with Crippen LogP contribution in [-0.4, -0.2) is 33.3 Å². The van der Waals surface area contributed by atoms with Gasteiger partial charge in [0.2, 0.25) is 0 Å².